The van der Waals surface area contributed by atoms with Gasteiger partial charge in [0.1, 0.15) is 17.3 Å². The maximum Gasteiger partial charge on any atom is 0.255 e. The summed E-state index contributed by atoms with van der Waals surface area (Å²) in [5, 5.41) is 6.43. The van der Waals surface area contributed by atoms with Crippen LogP contribution in [0.5, 0.6) is 11.5 Å². The lowest BCUT2D eigenvalue weighted by Crippen LogP contribution is -2.44. The summed E-state index contributed by atoms with van der Waals surface area (Å²) < 4.78 is 10.9. The average Bonchev–Trinajstić information content (AvgIpc) is 2.86. The molecule has 7 nitrogen and oxygen atoms in total. The third kappa shape index (κ3) is 5.62. The van der Waals surface area contributed by atoms with Crippen molar-refractivity contribution in [2.75, 3.05) is 32.6 Å². The van der Waals surface area contributed by atoms with Crippen LogP contribution in [0, 0.1) is 0 Å². The van der Waals surface area contributed by atoms with Gasteiger partial charge < -0.3 is 20.1 Å². The molecule has 1 amide bonds. The van der Waals surface area contributed by atoms with E-state index in [0.29, 0.717) is 17.1 Å². The molecule has 2 N–H and O–H groups in total. The van der Waals surface area contributed by atoms with E-state index in [-0.39, 0.29) is 11.9 Å². The Hall–Kier alpha value is -3.58. The van der Waals surface area contributed by atoms with Crippen LogP contribution in [-0.4, -0.2) is 49.1 Å². The summed E-state index contributed by atoms with van der Waals surface area (Å²) in [7, 11) is 3.32. The van der Waals surface area contributed by atoms with Crippen LogP contribution >= 0.6 is 0 Å². The fourth-order valence-electron chi connectivity index (χ4n) is 4.14. The zero-order valence-corrected chi connectivity index (χ0v) is 19.1. The van der Waals surface area contributed by atoms with Crippen molar-refractivity contribution in [1.29, 1.82) is 0 Å². The van der Waals surface area contributed by atoms with Gasteiger partial charge in [-0.1, -0.05) is 30.3 Å². The van der Waals surface area contributed by atoms with E-state index in [1.54, 1.807) is 32.5 Å². The number of amides is 1. The largest absolute Gasteiger partial charge is 0.496 e. The topological polar surface area (TPSA) is 75.7 Å². The number of carbonyl (C=O) groups is 1. The number of likely N-dealkylation sites (tertiary alicyclic amines) is 1. The summed E-state index contributed by atoms with van der Waals surface area (Å²) in [6.45, 7) is 2.69. The van der Waals surface area contributed by atoms with Gasteiger partial charge in [-0.2, -0.15) is 0 Å². The van der Waals surface area contributed by atoms with Gasteiger partial charge in [-0.15, -0.1) is 0 Å². The van der Waals surface area contributed by atoms with Crippen LogP contribution in [0.3, 0.4) is 0 Å². The molecule has 1 saturated heterocycles. The Labute approximate surface area is 194 Å². The number of piperidine rings is 1. The van der Waals surface area contributed by atoms with Gasteiger partial charge in [0.15, 0.2) is 0 Å². The molecule has 4 rings (SSSR count). The van der Waals surface area contributed by atoms with E-state index in [1.807, 2.05) is 42.5 Å². The Morgan fingerprint density at radius 3 is 2.42 bits per heavy atom. The molecule has 0 aliphatic carbocycles. The predicted octanol–water partition coefficient (Wildman–Crippen LogP) is 4.24. The van der Waals surface area contributed by atoms with Crippen LogP contribution in [0.15, 0.2) is 66.9 Å². The minimum atomic E-state index is -0.122. The van der Waals surface area contributed by atoms with Crippen molar-refractivity contribution in [2.24, 2.45) is 0 Å². The SMILES string of the molecule is COc1ccccc1CN1CCC(NC(=O)c2cccnc2Nc2ccccc2OC)CC1. The highest BCUT2D eigenvalue weighted by Crippen LogP contribution is 2.28. The van der Waals surface area contributed by atoms with Gasteiger partial charge in [-0.25, -0.2) is 4.98 Å². The lowest BCUT2D eigenvalue weighted by molar-refractivity contribution is 0.0909. The van der Waals surface area contributed by atoms with E-state index in [9.17, 15) is 4.79 Å². The monoisotopic (exact) mass is 446 g/mol. The summed E-state index contributed by atoms with van der Waals surface area (Å²) in [6, 6.07) is 19.4. The van der Waals surface area contributed by atoms with Crippen LogP contribution in [-0.2, 0) is 6.54 Å². The van der Waals surface area contributed by atoms with E-state index >= 15 is 0 Å². The Morgan fingerprint density at radius 1 is 0.970 bits per heavy atom. The molecule has 1 aliphatic heterocycles. The van der Waals surface area contributed by atoms with E-state index in [4.69, 9.17) is 9.47 Å². The van der Waals surface area contributed by atoms with Crippen LogP contribution in [0.4, 0.5) is 11.5 Å². The highest BCUT2D eigenvalue weighted by molar-refractivity contribution is 5.99. The number of para-hydroxylation sites is 3. The molecule has 0 spiro atoms. The molecule has 2 heterocycles. The molecule has 0 bridgehead atoms. The highest BCUT2D eigenvalue weighted by atomic mass is 16.5. The molecular formula is C26H30N4O3. The third-order valence-electron chi connectivity index (χ3n) is 5.92. The van der Waals surface area contributed by atoms with Gasteiger partial charge in [0.25, 0.3) is 5.91 Å². The molecular weight excluding hydrogens is 416 g/mol. The second-order valence-corrected chi connectivity index (χ2v) is 8.06. The molecule has 0 unspecified atom stereocenters. The second-order valence-electron chi connectivity index (χ2n) is 8.06. The molecule has 1 fully saturated rings. The minimum Gasteiger partial charge on any atom is -0.496 e. The van der Waals surface area contributed by atoms with E-state index < -0.39 is 0 Å². The number of carbonyl (C=O) groups excluding carboxylic acids is 1. The summed E-state index contributed by atoms with van der Waals surface area (Å²) in [6.07, 6.45) is 3.47. The van der Waals surface area contributed by atoms with Gasteiger partial charge in [-0.05, 0) is 43.2 Å². The lowest BCUT2D eigenvalue weighted by Gasteiger charge is -2.32. The molecule has 33 heavy (non-hydrogen) atoms. The van der Waals surface area contributed by atoms with Crippen LogP contribution in [0.1, 0.15) is 28.8 Å². The summed E-state index contributed by atoms with van der Waals surface area (Å²) >= 11 is 0. The van der Waals surface area contributed by atoms with Gasteiger partial charge >= 0.3 is 0 Å². The lowest BCUT2D eigenvalue weighted by atomic mass is 10.0. The smallest absolute Gasteiger partial charge is 0.255 e. The minimum absolute atomic E-state index is 0.122. The fraction of sp³-hybridized carbons (Fsp3) is 0.308. The summed E-state index contributed by atoms with van der Waals surface area (Å²) in [4.78, 5) is 19.9. The molecule has 172 valence electrons. The number of anilines is 2. The average molecular weight is 447 g/mol. The van der Waals surface area contributed by atoms with Crippen molar-refractivity contribution in [1.82, 2.24) is 15.2 Å². The first kappa shape index (κ1) is 22.6. The Bertz CT molecular complexity index is 1080. The number of hydrogen-bond donors (Lipinski definition) is 2. The van der Waals surface area contributed by atoms with Crippen LogP contribution in [0.25, 0.3) is 0 Å². The number of benzene rings is 2. The zero-order chi connectivity index (χ0) is 23.0. The van der Waals surface area contributed by atoms with Crippen molar-refractivity contribution in [2.45, 2.75) is 25.4 Å². The van der Waals surface area contributed by atoms with E-state index in [2.05, 4.69) is 26.6 Å². The van der Waals surface area contributed by atoms with Crippen molar-refractivity contribution in [3.8, 4) is 11.5 Å². The maximum atomic E-state index is 13.1. The number of nitrogens with zero attached hydrogens (tertiary/aromatic N) is 2. The Balaban J connectivity index is 1.36. The number of pyridine rings is 1. The number of ether oxygens (including phenoxy) is 2. The quantitative estimate of drug-likeness (QED) is 0.539. The summed E-state index contributed by atoms with van der Waals surface area (Å²) in [5.41, 5.74) is 2.46. The normalized spacial score (nSPS) is 14.5. The molecule has 0 radical (unpaired) electrons. The number of aromatic nitrogens is 1. The van der Waals surface area contributed by atoms with Gasteiger partial charge in [0.05, 0.1) is 25.5 Å². The standard InChI is InChI=1S/C26H30N4O3/c1-32-23-11-5-3-8-19(23)18-30-16-13-20(14-17-30)28-26(31)21-9-7-15-27-25(21)29-22-10-4-6-12-24(22)33-2/h3-12,15,20H,13-14,16-18H2,1-2H3,(H,27,29)(H,28,31). The number of hydrogen-bond acceptors (Lipinski definition) is 6. The van der Waals surface area contributed by atoms with E-state index in [1.165, 1.54) is 5.56 Å². The molecule has 7 heteroatoms. The molecule has 0 atom stereocenters. The summed E-state index contributed by atoms with van der Waals surface area (Å²) in [5.74, 6) is 1.99. The van der Waals surface area contributed by atoms with Crippen molar-refractivity contribution < 1.29 is 14.3 Å². The molecule has 1 aromatic heterocycles. The highest BCUT2D eigenvalue weighted by Gasteiger charge is 2.23. The van der Waals surface area contributed by atoms with Crippen molar-refractivity contribution in [3.05, 3.63) is 78.0 Å². The fourth-order valence-corrected chi connectivity index (χ4v) is 4.14. The van der Waals surface area contributed by atoms with Crippen LogP contribution in [0.2, 0.25) is 0 Å². The first-order chi connectivity index (χ1) is 16.2. The van der Waals surface area contributed by atoms with Crippen molar-refractivity contribution >= 4 is 17.4 Å². The molecule has 3 aromatic rings. The second kappa shape index (κ2) is 10.8. The third-order valence-corrected chi connectivity index (χ3v) is 5.92. The first-order valence-corrected chi connectivity index (χ1v) is 11.2. The number of rotatable bonds is 8. The Morgan fingerprint density at radius 2 is 1.67 bits per heavy atom. The number of nitrogens with one attached hydrogen (secondary N) is 2. The molecule has 1 aliphatic rings. The van der Waals surface area contributed by atoms with Crippen molar-refractivity contribution in [3.63, 3.8) is 0 Å². The van der Waals surface area contributed by atoms with Gasteiger partial charge in [-0.3, -0.25) is 9.69 Å². The number of methoxy groups -OCH3 is 2. The predicted molar refractivity (Wildman–Crippen MR) is 129 cm³/mol. The van der Waals surface area contributed by atoms with Crippen LogP contribution < -0.4 is 20.1 Å². The first-order valence-electron chi connectivity index (χ1n) is 11.2. The van der Waals surface area contributed by atoms with Gasteiger partial charge in [0, 0.05) is 37.4 Å². The Kier molecular flexibility index (Phi) is 7.42. The molecule has 2 aromatic carbocycles. The zero-order valence-electron chi connectivity index (χ0n) is 19.1. The van der Waals surface area contributed by atoms with Gasteiger partial charge in [0.2, 0.25) is 0 Å². The van der Waals surface area contributed by atoms with E-state index in [0.717, 1.165) is 43.9 Å². The molecule has 0 saturated carbocycles. The maximum absolute atomic E-state index is 13.1.